The first kappa shape index (κ1) is 19.8. The molecule has 0 amide bonds. The Morgan fingerprint density at radius 3 is 2.23 bits per heavy atom. The molecule has 2 heterocycles. The SMILES string of the molecule is Cc1cccc(-n2c(=O)c3ccccc3c3cc(-c4cccc5oc6ccccc6c45)ccc32)c1. The lowest BCUT2D eigenvalue weighted by molar-refractivity contribution is 0.669. The Bertz CT molecular complexity index is 1990. The smallest absolute Gasteiger partial charge is 0.263 e. The van der Waals surface area contributed by atoms with Crippen LogP contribution in [0.4, 0.5) is 0 Å². The third kappa shape index (κ3) is 2.95. The molecule has 0 spiro atoms. The molecular formula is C32H21NO2. The highest BCUT2D eigenvalue weighted by Gasteiger charge is 2.16. The van der Waals surface area contributed by atoms with Crippen molar-refractivity contribution in [3.8, 4) is 16.8 Å². The monoisotopic (exact) mass is 451 g/mol. The zero-order valence-electron chi connectivity index (χ0n) is 19.2. The number of nitrogens with zero attached hydrogens (tertiary/aromatic N) is 1. The summed E-state index contributed by atoms with van der Waals surface area (Å²) in [4.78, 5) is 13.6. The highest BCUT2D eigenvalue weighted by atomic mass is 16.3. The van der Waals surface area contributed by atoms with E-state index in [1.165, 1.54) is 0 Å². The molecule has 0 atom stereocenters. The number of benzene rings is 5. The van der Waals surface area contributed by atoms with Gasteiger partial charge in [0.1, 0.15) is 11.2 Å². The number of pyridine rings is 1. The van der Waals surface area contributed by atoms with Crippen LogP contribution in [0.1, 0.15) is 5.56 Å². The molecule has 2 aromatic heterocycles. The summed E-state index contributed by atoms with van der Waals surface area (Å²) in [5, 5.41) is 4.93. The third-order valence-electron chi connectivity index (χ3n) is 6.86. The van der Waals surface area contributed by atoms with E-state index in [1.54, 1.807) is 0 Å². The summed E-state index contributed by atoms with van der Waals surface area (Å²) in [6.45, 7) is 2.05. The van der Waals surface area contributed by atoms with Gasteiger partial charge in [0.15, 0.2) is 0 Å². The summed E-state index contributed by atoms with van der Waals surface area (Å²) < 4.78 is 7.97. The fourth-order valence-electron chi connectivity index (χ4n) is 5.29. The first-order valence-corrected chi connectivity index (χ1v) is 11.7. The summed E-state index contributed by atoms with van der Waals surface area (Å²) in [5.41, 5.74) is 6.85. The van der Waals surface area contributed by atoms with Gasteiger partial charge in [0, 0.05) is 27.2 Å². The van der Waals surface area contributed by atoms with Crippen molar-refractivity contribution in [1.29, 1.82) is 0 Å². The molecule has 0 fully saturated rings. The molecule has 3 nitrogen and oxygen atoms in total. The zero-order valence-corrected chi connectivity index (χ0v) is 19.2. The van der Waals surface area contributed by atoms with E-state index in [1.807, 2.05) is 84.3 Å². The normalized spacial score (nSPS) is 11.7. The van der Waals surface area contributed by atoms with Crippen LogP contribution in [-0.2, 0) is 0 Å². The Hall–Kier alpha value is -4.63. The van der Waals surface area contributed by atoms with E-state index in [4.69, 9.17) is 4.42 Å². The van der Waals surface area contributed by atoms with Crippen LogP contribution >= 0.6 is 0 Å². The minimum absolute atomic E-state index is 0.00520. The Morgan fingerprint density at radius 1 is 0.629 bits per heavy atom. The van der Waals surface area contributed by atoms with Gasteiger partial charge < -0.3 is 4.42 Å². The highest BCUT2D eigenvalue weighted by molar-refractivity contribution is 6.14. The maximum absolute atomic E-state index is 13.6. The van der Waals surface area contributed by atoms with E-state index in [9.17, 15) is 4.79 Å². The maximum atomic E-state index is 13.6. The summed E-state index contributed by atoms with van der Waals surface area (Å²) in [5.74, 6) is 0. The van der Waals surface area contributed by atoms with E-state index >= 15 is 0 Å². The van der Waals surface area contributed by atoms with Gasteiger partial charge in [-0.2, -0.15) is 0 Å². The quantitative estimate of drug-likeness (QED) is 0.250. The van der Waals surface area contributed by atoms with Crippen molar-refractivity contribution in [2.45, 2.75) is 6.92 Å². The summed E-state index contributed by atoms with van der Waals surface area (Å²) in [6, 6.07) is 36.7. The van der Waals surface area contributed by atoms with Crippen molar-refractivity contribution in [1.82, 2.24) is 4.57 Å². The van der Waals surface area contributed by atoms with Gasteiger partial charge in [0.25, 0.3) is 5.56 Å². The molecule has 0 N–H and O–H groups in total. The van der Waals surface area contributed by atoms with E-state index in [-0.39, 0.29) is 5.56 Å². The fraction of sp³-hybridized carbons (Fsp3) is 0.0312. The molecule has 0 radical (unpaired) electrons. The maximum Gasteiger partial charge on any atom is 0.263 e. The number of fused-ring (bicyclic) bond motifs is 6. The Labute approximate surface area is 201 Å². The molecule has 166 valence electrons. The molecule has 7 aromatic rings. The average molecular weight is 452 g/mol. The van der Waals surface area contributed by atoms with Gasteiger partial charge in [-0.05, 0) is 71.5 Å². The predicted molar refractivity (Wildman–Crippen MR) is 145 cm³/mol. The van der Waals surface area contributed by atoms with Crippen molar-refractivity contribution in [3.63, 3.8) is 0 Å². The number of rotatable bonds is 2. The zero-order chi connectivity index (χ0) is 23.5. The van der Waals surface area contributed by atoms with Gasteiger partial charge in [-0.3, -0.25) is 9.36 Å². The molecule has 0 aliphatic heterocycles. The molecule has 5 aromatic carbocycles. The fourth-order valence-corrected chi connectivity index (χ4v) is 5.29. The van der Waals surface area contributed by atoms with E-state index in [2.05, 4.69) is 36.4 Å². The van der Waals surface area contributed by atoms with Gasteiger partial charge in [0.2, 0.25) is 0 Å². The standard InChI is InChI=1S/C32H21NO2/c1-20-8-6-9-22(18-20)33-28-17-16-21(19-27(28)24-10-2-3-11-25(24)32(33)34)23-13-7-15-30-31(23)26-12-4-5-14-29(26)35-30/h2-19H,1H3. The largest absolute Gasteiger partial charge is 0.456 e. The van der Waals surface area contributed by atoms with Crippen molar-refractivity contribution < 1.29 is 4.42 Å². The van der Waals surface area contributed by atoms with Gasteiger partial charge in [0.05, 0.1) is 5.52 Å². The number of aryl methyl sites for hydroxylation is 1. The van der Waals surface area contributed by atoms with Gasteiger partial charge in [-0.1, -0.05) is 66.7 Å². The minimum atomic E-state index is -0.00520. The highest BCUT2D eigenvalue weighted by Crippen LogP contribution is 2.38. The van der Waals surface area contributed by atoms with Crippen molar-refractivity contribution >= 4 is 43.6 Å². The van der Waals surface area contributed by atoms with E-state index in [0.717, 1.165) is 60.6 Å². The first-order valence-electron chi connectivity index (χ1n) is 11.7. The molecule has 0 saturated heterocycles. The van der Waals surface area contributed by atoms with Crippen LogP contribution in [0.5, 0.6) is 0 Å². The van der Waals surface area contributed by atoms with Crippen molar-refractivity contribution in [3.05, 3.63) is 125 Å². The van der Waals surface area contributed by atoms with Crippen LogP contribution in [0.25, 0.3) is 60.4 Å². The number of aromatic nitrogens is 1. The summed E-state index contributed by atoms with van der Waals surface area (Å²) in [6.07, 6.45) is 0. The van der Waals surface area contributed by atoms with Crippen LogP contribution < -0.4 is 5.56 Å². The summed E-state index contributed by atoms with van der Waals surface area (Å²) >= 11 is 0. The lowest BCUT2D eigenvalue weighted by Crippen LogP contribution is -2.19. The second-order valence-corrected chi connectivity index (χ2v) is 9.03. The van der Waals surface area contributed by atoms with Crippen molar-refractivity contribution in [2.75, 3.05) is 0 Å². The van der Waals surface area contributed by atoms with Crippen LogP contribution in [0.3, 0.4) is 0 Å². The number of para-hydroxylation sites is 1. The predicted octanol–water partition coefficient (Wildman–Crippen LogP) is 8.02. The molecule has 35 heavy (non-hydrogen) atoms. The molecule has 0 saturated carbocycles. The van der Waals surface area contributed by atoms with Crippen LogP contribution in [0.15, 0.2) is 118 Å². The lowest BCUT2D eigenvalue weighted by atomic mass is 9.96. The van der Waals surface area contributed by atoms with Crippen molar-refractivity contribution in [2.24, 2.45) is 0 Å². The van der Waals surface area contributed by atoms with Gasteiger partial charge in [-0.25, -0.2) is 0 Å². The molecule has 0 unspecified atom stereocenters. The second-order valence-electron chi connectivity index (χ2n) is 9.03. The van der Waals surface area contributed by atoms with Crippen LogP contribution in [0.2, 0.25) is 0 Å². The third-order valence-corrected chi connectivity index (χ3v) is 6.86. The Morgan fingerprint density at radius 2 is 1.37 bits per heavy atom. The summed E-state index contributed by atoms with van der Waals surface area (Å²) in [7, 11) is 0. The number of hydrogen-bond donors (Lipinski definition) is 0. The molecule has 0 bridgehead atoms. The average Bonchev–Trinajstić information content (AvgIpc) is 3.28. The lowest BCUT2D eigenvalue weighted by Gasteiger charge is -2.15. The van der Waals surface area contributed by atoms with Gasteiger partial charge in [-0.15, -0.1) is 0 Å². The Balaban J connectivity index is 1.59. The topological polar surface area (TPSA) is 35.1 Å². The van der Waals surface area contributed by atoms with Gasteiger partial charge >= 0.3 is 0 Å². The van der Waals surface area contributed by atoms with E-state index in [0.29, 0.717) is 5.39 Å². The minimum Gasteiger partial charge on any atom is -0.456 e. The first-order chi connectivity index (χ1) is 17.2. The van der Waals surface area contributed by atoms with E-state index < -0.39 is 0 Å². The second kappa shape index (κ2) is 7.44. The molecule has 0 aliphatic rings. The number of furan rings is 1. The molecular weight excluding hydrogens is 430 g/mol. The molecule has 3 heteroatoms. The Kier molecular flexibility index (Phi) is 4.21. The molecule has 0 aliphatic carbocycles. The van der Waals surface area contributed by atoms with Crippen LogP contribution in [0, 0.1) is 6.92 Å². The molecule has 7 rings (SSSR count). The number of hydrogen-bond acceptors (Lipinski definition) is 2. The van der Waals surface area contributed by atoms with Crippen LogP contribution in [-0.4, -0.2) is 4.57 Å².